The molecule has 0 aromatic heterocycles. The summed E-state index contributed by atoms with van der Waals surface area (Å²) in [5, 5.41) is 5.73. The molecular weight excluding hydrogens is 326 g/mol. The number of aryl methyl sites for hydroxylation is 1. The van der Waals surface area contributed by atoms with Gasteiger partial charge in [-0.15, -0.1) is 0 Å². The van der Waals surface area contributed by atoms with E-state index in [4.69, 9.17) is 5.73 Å². The Balaban J connectivity index is 1.89. The van der Waals surface area contributed by atoms with E-state index >= 15 is 0 Å². The maximum atomic E-state index is 12.4. The largest absolute Gasteiger partial charge is 0.351 e. The SMILES string of the molecule is CCCC(N)C(=O)NCc1cccc(C(=O)NCc2ccc(C)cc2)c1. The first kappa shape index (κ1) is 19.7. The summed E-state index contributed by atoms with van der Waals surface area (Å²) in [6.07, 6.45) is 1.53. The van der Waals surface area contributed by atoms with Crippen LogP contribution in [0.15, 0.2) is 48.5 Å². The predicted molar refractivity (Wildman–Crippen MR) is 104 cm³/mol. The smallest absolute Gasteiger partial charge is 0.251 e. The van der Waals surface area contributed by atoms with E-state index in [1.54, 1.807) is 12.1 Å². The van der Waals surface area contributed by atoms with Crippen LogP contribution in [-0.4, -0.2) is 17.9 Å². The molecule has 0 aliphatic carbocycles. The molecular formula is C21H27N3O2. The fraction of sp³-hybridized carbons (Fsp3) is 0.333. The maximum absolute atomic E-state index is 12.4. The number of hydrogen-bond acceptors (Lipinski definition) is 3. The summed E-state index contributed by atoms with van der Waals surface area (Å²) in [7, 11) is 0. The van der Waals surface area contributed by atoms with Crippen LogP contribution < -0.4 is 16.4 Å². The summed E-state index contributed by atoms with van der Waals surface area (Å²) in [6.45, 7) is 4.86. The molecule has 0 aliphatic rings. The molecule has 2 aromatic carbocycles. The van der Waals surface area contributed by atoms with Crippen LogP contribution in [0.4, 0.5) is 0 Å². The molecule has 2 amide bonds. The monoisotopic (exact) mass is 353 g/mol. The topological polar surface area (TPSA) is 84.2 Å². The minimum Gasteiger partial charge on any atom is -0.351 e. The summed E-state index contributed by atoms with van der Waals surface area (Å²) in [5.74, 6) is -0.303. The van der Waals surface area contributed by atoms with Crippen molar-refractivity contribution in [3.63, 3.8) is 0 Å². The fourth-order valence-corrected chi connectivity index (χ4v) is 2.58. The van der Waals surface area contributed by atoms with Crippen molar-refractivity contribution in [1.82, 2.24) is 10.6 Å². The zero-order valence-electron chi connectivity index (χ0n) is 15.4. The number of nitrogens with two attached hydrogens (primary N) is 1. The third-order valence-corrected chi connectivity index (χ3v) is 4.17. The molecule has 0 spiro atoms. The summed E-state index contributed by atoms with van der Waals surface area (Å²) in [6, 6.07) is 14.8. The Kier molecular flexibility index (Phi) is 7.36. The number of amides is 2. The Labute approximate surface area is 155 Å². The van der Waals surface area contributed by atoms with E-state index in [1.807, 2.05) is 50.2 Å². The Morgan fingerprint density at radius 1 is 1.00 bits per heavy atom. The van der Waals surface area contributed by atoms with Crippen molar-refractivity contribution in [1.29, 1.82) is 0 Å². The van der Waals surface area contributed by atoms with Crippen molar-refractivity contribution in [2.24, 2.45) is 5.73 Å². The van der Waals surface area contributed by atoms with Crippen LogP contribution in [0.5, 0.6) is 0 Å². The van der Waals surface area contributed by atoms with E-state index in [-0.39, 0.29) is 11.8 Å². The minimum atomic E-state index is -0.485. The van der Waals surface area contributed by atoms with Crippen molar-refractivity contribution in [3.8, 4) is 0 Å². The molecule has 0 bridgehead atoms. The number of benzene rings is 2. The van der Waals surface area contributed by atoms with Crippen LogP contribution in [0.3, 0.4) is 0 Å². The fourth-order valence-electron chi connectivity index (χ4n) is 2.58. The van der Waals surface area contributed by atoms with Crippen LogP contribution in [-0.2, 0) is 17.9 Å². The van der Waals surface area contributed by atoms with Gasteiger partial charge in [0.1, 0.15) is 0 Å². The van der Waals surface area contributed by atoms with Gasteiger partial charge >= 0.3 is 0 Å². The molecule has 1 atom stereocenters. The second-order valence-corrected chi connectivity index (χ2v) is 6.48. The lowest BCUT2D eigenvalue weighted by Crippen LogP contribution is -2.40. The lowest BCUT2D eigenvalue weighted by atomic mass is 10.1. The summed E-state index contributed by atoms with van der Waals surface area (Å²) in [4.78, 5) is 24.2. The van der Waals surface area contributed by atoms with Gasteiger partial charge in [-0.05, 0) is 36.6 Å². The highest BCUT2D eigenvalue weighted by atomic mass is 16.2. The highest BCUT2D eigenvalue weighted by Crippen LogP contribution is 2.07. The average molecular weight is 353 g/mol. The van der Waals surface area contributed by atoms with Crippen molar-refractivity contribution in [2.75, 3.05) is 0 Å². The van der Waals surface area contributed by atoms with Gasteiger partial charge in [-0.1, -0.05) is 55.3 Å². The van der Waals surface area contributed by atoms with Gasteiger partial charge in [0.05, 0.1) is 6.04 Å². The van der Waals surface area contributed by atoms with Gasteiger partial charge in [0.2, 0.25) is 5.91 Å². The van der Waals surface area contributed by atoms with E-state index in [0.29, 0.717) is 25.1 Å². The highest BCUT2D eigenvalue weighted by molar-refractivity contribution is 5.94. The molecule has 0 saturated heterocycles. The van der Waals surface area contributed by atoms with Gasteiger partial charge in [-0.2, -0.15) is 0 Å². The first-order chi connectivity index (χ1) is 12.5. The molecule has 1 unspecified atom stereocenters. The first-order valence-corrected chi connectivity index (χ1v) is 8.95. The molecule has 4 N–H and O–H groups in total. The van der Waals surface area contributed by atoms with Crippen molar-refractivity contribution in [3.05, 3.63) is 70.8 Å². The molecule has 5 heteroatoms. The number of carbonyl (C=O) groups excluding carboxylic acids is 2. The summed E-state index contributed by atoms with van der Waals surface area (Å²) >= 11 is 0. The molecule has 0 radical (unpaired) electrons. The normalized spacial score (nSPS) is 11.7. The minimum absolute atomic E-state index is 0.138. The van der Waals surface area contributed by atoms with E-state index in [1.165, 1.54) is 5.56 Å². The van der Waals surface area contributed by atoms with Crippen molar-refractivity contribution >= 4 is 11.8 Å². The predicted octanol–water partition coefficient (Wildman–Crippen LogP) is 2.67. The Bertz CT molecular complexity index is 741. The lowest BCUT2D eigenvalue weighted by molar-refractivity contribution is -0.122. The standard InChI is InChI=1S/C21H27N3O2/c1-3-5-19(22)21(26)24-14-17-6-4-7-18(12-17)20(25)23-13-16-10-8-15(2)9-11-16/h4,6-12,19H,3,5,13-14,22H2,1-2H3,(H,23,25)(H,24,26). The third kappa shape index (κ3) is 6.01. The van der Waals surface area contributed by atoms with Crippen LogP contribution >= 0.6 is 0 Å². The zero-order chi connectivity index (χ0) is 18.9. The van der Waals surface area contributed by atoms with Gasteiger partial charge < -0.3 is 16.4 Å². The van der Waals surface area contributed by atoms with Crippen LogP contribution in [0, 0.1) is 6.92 Å². The van der Waals surface area contributed by atoms with E-state index < -0.39 is 6.04 Å². The lowest BCUT2D eigenvalue weighted by Gasteiger charge is -2.12. The van der Waals surface area contributed by atoms with E-state index in [2.05, 4.69) is 10.6 Å². The molecule has 0 aliphatic heterocycles. The van der Waals surface area contributed by atoms with Gasteiger partial charge in [0.25, 0.3) is 5.91 Å². The van der Waals surface area contributed by atoms with Crippen LogP contribution in [0.25, 0.3) is 0 Å². The van der Waals surface area contributed by atoms with Crippen molar-refractivity contribution in [2.45, 2.75) is 45.8 Å². The molecule has 138 valence electrons. The van der Waals surface area contributed by atoms with Crippen LogP contribution in [0.1, 0.15) is 46.8 Å². The number of rotatable bonds is 8. The highest BCUT2D eigenvalue weighted by Gasteiger charge is 2.12. The van der Waals surface area contributed by atoms with E-state index in [9.17, 15) is 9.59 Å². The second-order valence-electron chi connectivity index (χ2n) is 6.48. The van der Waals surface area contributed by atoms with E-state index in [0.717, 1.165) is 17.5 Å². The quantitative estimate of drug-likeness (QED) is 0.682. The summed E-state index contributed by atoms with van der Waals surface area (Å²) < 4.78 is 0. The number of hydrogen-bond donors (Lipinski definition) is 3. The second kappa shape index (κ2) is 9.73. The molecule has 0 fully saturated rings. The average Bonchev–Trinajstić information content (AvgIpc) is 2.65. The third-order valence-electron chi connectivity index (χ3n) is 4.17. The Morgan fingerprint density at radius 3 is 2.38 bits per heavy atom. The Hall–Kier alpha value is -2.66. The maximum Gasteiger partial charge on any atom is 0.251 e. The molecule has 5 nitrogen and oxygen atoms in total. The van der Waals surface area contributed by atoms with Gasteiger partial charge in [0.15, 0.2) is 0 Å². The Morgan fingerprint density at radius 2 is 1.69 bits per heavy atom. The van der Waals surface area contributed by atoms with Gasteiger partial charge in [0, 0.05) is 18.7 Å². The molecule has 0 saturated carbocycles. The zero-order valence-corrected chi connectivity index (χ0v) is 15.4. The van der Waals surface area contributed by atoms with Gasteiger partial charge in [-0.25, -0.2) is 0 Å². The number of carbonyl (C=O) groups is 2. The molecule has 26 heavy (non-hydrogen) atoms. The molecule has 2 rings (SSSR count). The summed E-state index contributed by atoms with van der Waals surface area (Å²) in [5.41, 5.74) is 9.48. The molecule has 0 heterocycles. The van der Waals surface area contributed by atoms with Crippen LogP contribution in [0.2, 0.25) is 0 Å². The molecule has 2 aromatic rings. The van der Waals surface area contributed by atoms with Crippen molar-refractivity contribution < 1.29 is 9.59 Å². The first-order valence-electron chi connectivity index (χ1n) is 8.95. The number of nitrogens with one attached hydrogen (secondary N) is 2. The van der Waals surface area contributed by atoms with Gasteiger partial charge in [-0.3, -0.25) is 9.59 Å².